The molecule has 114 valence electrons. The molecule has 0 aliphatic rings. The second kappa shape index (κ2) is 6.66. The van der Waals surface area contributed by atoms with Gasteiger partial charge in [-0.25, -0.2) is 8.42 Å². The Bertz CT molecular complexity index is 760. The molecule has 0 saturated heterocycles. The van der Waals surface area contributed by atoms with E-state index in [1.54, 1.807) is 23.6 Å². The van der Waals surface area contributed by atoms with E-state index in [2.05, 4.69) is 36.6 Å². The maximum atomic E-state index is 12.4. The summed E-state index contributed by atoms with van der Waals surface area (Å²) in [4.78, 5) is 0.812. The Morgan fingerprint density at radius 1 is 1.33 bits per heavy atom. The number of anilines is 1. The maximum Gasteiger partial charge on any atom is 0.263 e. The molecule has 21 heavy (non-hydrogen) atoms. The second-order valence-electron chi connectivity index (χ2n) is 3.98. The van der Waals surface area contributed by atoms with Crippen LogP contribution in [0.1, 0.15) is 4.88 Å². The molecular formula is C12H12Br2N2O3S2. The summed E-state index contributed by atoms with van der Waals surface area (Å²) in [6.45, 7) is 0.179. The molecule has 0 aliphatic carbocycles. The van der Waals surface area contributed by atoms with E-state index in [1.165, 1.54) is 18.4 Å². The van der Waals surface area contributed by atoms with Crippen molar-refractivity contribution in [2.24, 2.45) is 5.73 Å². The van der Waals surface area contributed by atoms with Crippen LogP contribution in [-0.2, 0) is 16.6 Å². The third-order valence-corrected chi connectivity index (χ3v) is 6.46. The van der Waals surface area contributed by atoms with Gasteiger partial charge in [0.1, 0.15) is 10.6 Å². The molecule has 1 aromatic heterocycles. The van der Waals surface area contributed by atoms with Crippen LogP contribution in [0.3, 0.4) is 0 Å². The summed E-state index contributed by atoms with van der Waals surface area (Å²) < 4.78 is 33.9. The molecule has 9 heteroatoms. The normalized spacial score (nSPS) is 11.4. The van der Waals surface area contributed by atoms with Gasteiger partial charge in [-0.2, -0.15) is 0 Å². The van der Waals surface area contributed by atoms with Crippen LogP contribution in [0, 0.1) is 0 Å². The number of benzene rings is 1. The summed E-state index contributed by atoms with van der Waals surface area (Å²) in [6, 6.07) is 4.85. The van der Waals surface area contributed by atoms with Crippen molar-refractivity contribution in [1.29, 1.82) is 0 Å². The molecule has 0 amide bonds. The highest BCUT2D eigenvalue weighted by atomic mass is 79.9. The van der Waals surface area contributed by atoms with E-state index in [0.717, 1.165) is 4.47 Å². The molecule has 0 atom stereocenters. The van der Waals surface area contributed by atoms with Crippen molar-refractivity contribution in [3.05, 3.63) is 37.4 Å². The fraction of sp³-hybridized carbons (Fsp3) is 0.167. The van der Waals surface area contributed by atoms with E-state index in [9.17, 15) is 8.42 Å². The summed E-state index contributed by atoms with van der Waals surface area (Å²) in [5, 5.41) is 1.70. The van der Waals surface area contributed by atoms with Crippen molar-refractivity contribution >= 4 is 58.9 Å². The van der Waals surface area contributed by atoms with Gasteiger partial charge < -0.3 is 10.5 Å². The molecule has 2 aromatic rings. The summed E-state index contributed by atoms with van der Waals surface area (Å²) >= 11 is 7.98. The number of thiophene rings is 1. The Balaban J connectivity index is 2.42. The number of halogens is 2. The van der Waals surface area contributed by atoms with E-state index in [4.69, 9.17) is 10.5 Å². The van der Waals surface area contributed by atoms with Gasteiger partial charge in [0.05, 0.1) is 17.3 Å². The Labute approximate surface area is 143 Å². The molecule has 0 bridgehead atoms. The quantitative estimate of drug-likeness (QED) is 0.722. The Morgan fingerprint density at radius 3 is 2.67 bits per heavy atom. The number of nitrogens with one attached hydrogen (secondary N) is 1. The molecule has 0 saturated carbocycles. The first-order valence-corrected chi connectivity index (χ1v) is 9.66. The van der Waals surface area contributed by atoms with Crippen LogP contribution in [-0.4, -0.2) is 15.5 Å². The third-order valence-electron chi connectivity index (χ3n) is 2.67. The predicted octanol–water partition coefficient (Wildman–Crippen LogP) is 3.54. The van der Waals surface area contributed by atoms with Crippen molar-refractivity contribution in [1.82, 2.24) is 0 Å². The molecule has 5 nitrogen and oxygen atoms in total. The fourth-order valence-electron chi connectivity index (χ4n) is 1.68. The van der Waals surface area contributed by atoms with Crippen molar-refractivity contribution in [3.8, 4) is 5.75 Å². The van der Waals surface area contributed by atoms with Crippen molar-refractivity contribution in [2.45, 2.75) is 11.4 Å². The molecule has 0 unspecified atom stereocenters. The number of hydrogen-bond donors (Lipinski definition) is 2. The molecule has 1 aromatic carbocycles. The van der Waals surface area contributed by atoms with Crippen LogP contribution in [0.4, 0.5) is 5.69 Å². The monoisotopic (exact) mass is 454 g/mol. The first kappa shape index (κ1) is 16.8. The minimum Gasteiger partial charge on any atom is -0.495 e. The molecule has 0 spiro atoms. The van der Waals surface area contributed by atoms with Crippen LogP contribution < -0.4 is 15.2 Å². The highest BCUT2D eigenvalue weighted by molar-refractivity contribution is 9.11. The van der Waals surface area contributed by atoms with E-state index in [0.29, 0.717) is 20.8 Å². The lowest BCUT2D eigenvalue weighted by atomic mass is 10.3. The number of hydrogen-bond acceptors (Lipinski definition) is 5. The summed E-state index contributed by atoms with van der Waals surface area (Å²) in [5.41, 5.74) is 5.96. The molecule has 0 radical (unpaired) electrons. The smallest absolute Gasteiger partial charge is 0.263 e. The van der Waals surface area contributed by atoms with E-state index in [1.807, 2.05) is 0 Å². The highest BCUT2D eigenvalue weighted by Crippen LogP contribution is 2.36. The largest absolute Gasteiger partial charge is 0.495 e. The van der Waals surface area contributed by atoms with E-state index in [-0.39, 0.29) is 11.4 Å². The predicted molar refractivity (Wildman–Crippen MR) is 91.4 cm³/mol. The standard InChI is InChI=1S/C12H12Br2N2O3S2/c1-19-10-5-9(7(13)4-8(10)14)16-21(17,18)12-2-3-20-11(12)6-15/h2-5,16H,6,15H2,1H3. The van der Waals surface area contributed by atoms with Gasteiger partial charge in [-0.3, -0.25) is 4.72 Å². The lowest BCUT2D eigenvalue weighted by Crippen LogP contribution is -2.15. The van der Waals surface area contributed by atoms with Gasteiger partial charge in [0.2, 0.25) is 0 Å². The average molecular weight is 456 g/mol. The number of sulfonamides is 1. The molecule has 0 fully saturated rings. The summed E-state index contributed by atoms with van der Waals surface area (Å²) in [5.74, 6) is 0.528. The lowest BCUT2D eigenvalue weighted by Gasteiger charge is -2.12. The van der Waals surface area contributed by atoms with E-state index >= 15 is 0 Å². The SMILES string of the molecule is COc1cc(NS(=O)(=O)c2ccsc2CN)c(Br)cc1Br. The molecule has 3 N–H and O–H groups in total. The van der Waals surface area contributed by atoms with Crippen molar-refractivity contribution in [2.75, 3.05) is 11.8 Å². The van der Waals surface area contributed by atoms with Crippen LogP contribution in [0.5, 0.6) is 5.75 Å². The molecular weight excluding hydrogens is 444 g/mol. The third kappa shape index (κ3) is 3.59. The first-order valence-electron chi connectivity index (χ1n) is 5.71. The lowest BCUT2D eigenvalue weighted by molar-refractivity contribution is 0.412. The topological polar surface area (TPSA) is 81.4 Å². The summed E-state index contributed by atoms with van der Waals surface area (Å²) in [6.07, 6.45) is 0. The van der Waals surface area contributed by atoms with Gasteiger partial charge in [0, 0.05) is 22.0 Å². The minimum atomic E-state index is -3.69. The summed E-state index contributed by atoms with van der Waals surface area (Å²) in [7, 11) is -2.18. The zero-order valence-corrected chi connectivity index (χ0v) is 15.7. The molecule has 0 aliphatic heterocycles. The van der Waals surface area contributed by atoms with Gasteiger partial charge in [-0.1, -0.05) is 0 Å². The van der Waals surface area contributed by atoms with Gasteiger partial charge in [-0.05, 0) is 49.4 Å². The Hall–Kier alpha value is -0.610. The van der Waals surface area contributed by atoms with Crippen molar-refractivity contribution < 1.29 is 13.2 Å². The second-order valence-corrected chi connectivity index (χ2v) is 8.34. The van der Waals surface area contributed by atoms with Crippen LogP contribution in [0.15, 0.2) is 37.4 Å². The van der Waals surface area contributed by atoms with Crippen LogP contribution >= 0.6 is 43.2 Å². The van der Waals surface area contributed by atoms with Crippen molar-refractivity contribution in [3.63, 3.8) is 0 Å². The van der Waals surface area contributed by atoms with Gasteiger partial charge in [0.15, 0.2) is 0 Å². The van der Waals surface area contributed by atoms with Crippen LogP contribution in [0.25, 0.3) is 0 Å². The zero-order valence-electron chi connectivity index (χ0n) is 10.9. The number of nitrogens with two attached hydrogens (primary N) is 1. The van der Waals surface area contributed by atoms with Gasteiger partial charge in [-0.15, -0.1) is 11.3 Å². The zero-order chi connectivity index (χ0) is 15.6. The van der Waals surface area contributed by atoms with Gasteiger partial charge >= 0.3 is 0 Å². The number of ether oxygens (including phenoxy) is 1. The average Bonchev–Trinajstić information content (AvgIpc) is 2.91. The number of methoxy groups -OCH3 is 1. The molecule has 1 heterocycles. The minimum absolute atomic E-state index is 0.179. The fourth-order valence-corrected chi connectivity index (χ4v) is 5.47. The van der Waals surface area contributed by atoms with Crippen LogP contribution in [0.2, 0.25) is 0 Å². The molecule has 2 rings (SSSR count). The van der Waals surface area contributed by atoms with Gasteiger partial charge in [0.25, 0.3) is 10.0 Å². The number of rotatable bonds is 5. The Morgan fingerprint density at radius 2 is 2.05 bits per heavy atom. The highest BCUT2D eigenvalue weighted by Gasteiger charge is 2.21. The maximum absolute atomic E-state index is 12.4. The Kier molecular flexibility index (Phi) is 5.31. The first-order chi connectivity index (χ1) is 9.89. The van der Waals surface area contributed by atoms with E-state index < -0.39 is 10.0 Å².